The number of carbonyl (C=O) groups is 1. The Kier molecular flexibility index (Phi) is 4.79. The van der Waals surface area contributed by atoms with Crippen molar-refractivity contribution in [1.29, 1.82) is 0 Å². The zero-order valence-electron chi connectivity index (χ0n) is 13.7. The number of hydrogen-bond acceptors (Lipinski definition) is 3. The number of fused-ring (bicyclic) bond motifs is 1. The van der Waals surface area contributed by atoms with Crippen molar-refractivity contribution in [2.75, 3.05) is 26.7 Å². The van der Waals surface area contributed by atoms with Gasteiger partial charge in [-0.2, -0.15) is 0 Å². The molecule has 1 aromatic rings. The summed E-state index contributed by atoms with van der Waals surface area (Å²) < 4.78 is 0. The minimum Gasteiger partial charge on any atom is -0.341 e. The maximum absolute atomic E-state index is 12.8. The van der Waals surface area contributed by atoms with E-state index in [0.29, 0.717) is 6.04 Å². The van der Waals surface area contributed by atoms with Crippen molar-refractivity contribution in [2.24, 2.45) is 0 Å². The Labute approximate surface area is 133 Å². The molecule has 0 radical (unpaired) electrons. The predicted octanol–water partition coefficient (Wildman–Crippen LogP) is 1.64. The van der Waals surface area contributed by atoms with Gasteiger partial charge in [0, 0.05) is 26.2 Å². The highest BCUT2D eigenvalue weighted by Gasteiger charge is 2.30. The van der Waals surface area contributed by atoms with Gasteiger partial charge in [0.15, 0.2) is 0 Å². The first-order chi connectivity index (χ1) is 10.7. The van der Waals surface area contributed by atoms with Crippen LogP contribution < -0.4 is 5.32 Å². The highest BCUT2D eigenvalue weighted by Crippen LogP contribution is 2.21. The van der Waals surface area contributed by atoms with Crippen molar-refractivity contribution < 1.29 is 4.79 Å². The first kappa shape index (κ1) is 15.5. The minimum absolute atomic E-state index is 0.0340. The van der Waals surface area contributed by atoms with Gasteiger partial charge in [0.25, 0.3) is 0 Å². The zero-order chi connectivity index (χ0) is 15.5. The van der Waals surface area contributed by atoms with Crippen LogP contribution in [0.4, 0.5) is 0 Å². The van der Waals surface area contributed by atoms with Crippen molar-refractivity contribution in [3.63, 3.8) is 0 Å². The van der Waals surface area contributed by atoms with Crippen LogP contribution in [0.1, 0.15) is 30.9 Å². The number of likely N-dealkylation sites (N-methyl/N-ethyl adjacent to an activating group) is 1. The molecular weight excluding hydrogens is 274 g/mol. The standard InChI is InChI=1S/C18H27N3O/c1-14(18(22)20(2)17-7-10-19-11-8-17)21-12-9-15-5-3-4-6-16(15)13-21/h3-6,14,17,19H,7-13H2,1-2H3. The molecule has 4 nitrogen and oxygen atoms in total. The maximum Gasteiger partial charge on any atom is 0.239 e. The Morgan fingerprint density at radius 1 is 1.27 bits per heavy atom. The minimum atomic E-state index is -0.0340. The molecule has 1 amide bonds. The summed E-state index contributed by atoms with van der Waals surface area (Å²) in [6.45, 7) is 5.97. The number of carbonyl (C=O) groups excluding carboxylic acids is 1. The molecule has 0 saturated carbocycles. The average molecular weight is 301 g/mol. The Morgan fingerprint density at radius 2 is 1.95 bits per heavy atom. The van der Waals surface area contributed by atoms with Crippen LogP contribution in [0.3, 0.4) is 0 Å². The molecule has 2 aliphatic rings. The summed E-state index contributed by atoms with van der Waals surface area (Å²) in [6, 6.07) is 8.96. The van der Waals surface area contributed by atoms with Crippen LogP contribution in [-0.2, 0) is 17.8 Å². The summed E-state index contributed by atoms with van der Waals surface area (Å²) in [5.41, 5.74) is 2.81. The SMILES string of the molecule is CC(C(=O)N(C)C1CCNCC1)N1CCc2ccccc2C1. The Balaban J connectivity index is 1.63. The molecule has 1 saturated heterocycles. The third-order valence-corrected chi connectivity index (χ3v) is 5.27. The molecule has 4 heteroatoms. The smallest absolute Gasteiger partial charge is 0.239 e. The first-order valence-corrected chi connectivity index (χ1v) is 8.45. The van der Waals surface area contributed by atoms with Crippen molar-refractivity contribution in [3.05, 3.63) is 35.4 Å². The van der Waals surface area contributed by atoms with Gasteiger partial charge in [0.1, 0.15) is 0 Å². The number of rotatable bonds is 3. The van der Waals surface area contributed by atoms with Crippen molar-refractivity contribution in [3.8, 4) is 0 Å². The largest absolute Gasteiger partial charge is 0.341 e. The summed E-state index contributed by atoms with van der Waals surface area (Å²) in [6.07, 6.45) is 3.18. The molecule has 2 aliphatic heterocycles. The first-order valence-electron chi connectivity index (χ1n) is 8.45. The molecule has 1 fully saturated rings. The number of hydrogen-bond donors (Lipinski definition) is 1. The Morgan fingerprint density at radius 3 is 2.68 bits per heavy atom. The van der Waals surface area contributed by atoms with Gasteiger partial charge in [0.2, 0.25) is 5.91 Å². The lowest BCUT2D eigenvalue weighted by molar-refractivity contribution is -0.138. The van der Waals surface area contributed by atoms with E-state index >= 15 is 0 Å². The molecular formula is C18H27N3O. The molecule has 2 heterocycles. The van der Waals surface area contributed by atoms with Crippen molar-refractivity contribution >= 4 is 5.91 Å². The van der Waals surface area contributed by atoms with Crippen LogP contribution >= 0.6 is 0 Å². The second kappa shape index (κ2) is 6.80. The lowest BCUT2D eigenvalue weighted by Crippen LogP contribution is -2.52. The third kappa shape index (κ3) is 3.18. The molecule has 120 valence electrons. The fourth-order valence-electron chi connectivity index (χ4n) is 3.67. The van der Waals surface area contributed by atoms with E-state index in [-0.39, 0.29) is 11.9 Å². The molecule has 3 rings (SSSR count). The molecule has 0 bridgehead atoms. The van der Waals surface area contributed by atoms with Gasteiger partial charge in [-0.25, -0.2) is 0 Å². The van der Waals surface area contributed by atoms with Crippen LogP contribution in [0.15, 0.2) is 24.3 Å². The van der Waals surface area contributed by atoms with Crippen molar-refractivity contribution in [1.82, 2.24) is 15.1 Å². The van der Waals surface area contributed by atoms with Crippen molar-refractivity contribution in [2.45, 2.75) is 44.8 Å². The topological polar surface area (TPSA) is 35.6 Å². The highest BCUT2D eigenvalue weighted by molar-refractivity contribution is 5.81. The van der Waals surface area contributed by atoms with Gasteiger partial charge in [0.05, 0.1) is 6.04 Å². The molecule has 0 aromatic heterocycles. The van der Waals surface area contributed by atoms with Gasteiger partial charge in [-0.1, -0.05) is 24.3 Å². The molecule has 1 aromatic carbocycles. The van der Waals surface area contributed by atoms with E-state index in [0.717, 1.165) is 45.4 Å². The van der Waals surface area contributed by atoms with Gasteiger partial charge in [-0.05, 0) is 50.4 Å². The third-order valence-electron chi connectivity index (χ3n) is 5.27. The second-order valence-electron chi connectivity index (χ2n) is 6.60. The second-order valence-corrected chi connectivity index (χ2v) is 6.60. The molecule has 0 aliphatic carbocycles. The van der Waals surface area contributed by atoms with Gasteiger partial charge >= 0.3 is 0 Å². The summed E-state index contributed by atoms with van der Waals surface area (Å²) in [7, 11) is 1.98. The zero-order valence-corrected chi connectivity index (χ0v) is 13.7. The van der Waals surface area contributed by atoms with Gasteiger partial charge in [-0.15, -0.1) is 0 Å². The van der Waals surface area contributed by atoms with Crippen LogP contribution in [-0.4, -0.2) is 54.5 Å². The number of amides is 1. The van der Waals surface area contributed by atoms with E-state index in [9.17, 15) is 4.79 Å². The van der Waals surface area contributed by atoms with E-state index in [1.54, 1.807) is 0 Å². The lowest BCUT2D eigenvalue weighted by Gasteiger charge is -2.38. The van der Waals surface area contributed by atoms with Gasteiger partial charge in [-0.3, -0.25) is 9.69 Å². The van der Waals surface area contributed by atoms with E-state index in [4.69, 9.17) is 0 Å². The van der Waals surface area contributed by atoms with Crippen LogP contribution in [0, 0.1) is 0 Å². The quantitative estimate of drug-likeness (QED) is 0.922. The number of nitrogens with zero attached hydrogens (tertiary/aromatic N) is 2. The molecule has 1 N–H and O–H groups in total. The van der Waals surface area contributed by atoms with Gasteiger partial charge < -0.3 is 10.2 Å². The number of benzene rings is 1. The summed E-state index contributed by atoms with van der Waals surface area (Å²) >= 11 is 0. The summed E-state index contributed by atoms with van der Waals surface area (Å²) in [5, 5.41) is 3.36. The van der Waals surface area contributed by atoms with E-state index in [2.05, 4.69) is 41.4 Å². The van der Waals surface area contributed by atoms with Crippen LogP contribution in [0.2, 0.25) is 0 Å². The fraction of sp³-hybridized carbons (Fsp3) is 0.611. The van der Waals surface area contributed by atoms with E-state index in [1.165, 1.54) is 11.1 Å². The predicted molar refractivity (Wildman–Crippen MR) is 88.7 cm³/mol. The number of piperidine rings is 1. The lowest BCUT2D eigenvalue weighted by atomic mass is 9.98. The maximum atomic E-state index is 12.8. The fourth-order valence-corrected chi connectivity index (χ4v) is 3.67. The summed E-state index contributed by atoms with van der Waals surface area (Å²) in [5.74, 6) is 0.270. The Bertz CT molecular complexity index is 525. The normalized spacial score (nSPS) is 21.2. The van der Waals surface area contributed by atoms with E-state index < -0.39 is 0 Å². The molecule has 0 spiro atoms. The summed E-state index contributed by atoms with van der Waals surface area (Å²) in [4.78, 5) is 17.1. The van der Waals surface area contributed by atoms with E-state index in [1.807, 2.05) is 11.9 Å². The molecule has 1 unspecified atom stereocenters. The average Bonchev–Trinajstić information content (AvgIpc) is 2.60. The van der Waals surface area contributed by atoms with Crippen LogP contribution in [0.25, 0.3) is 0 Å². The molecule has 22 heavy (non-hydrogen) atoms. The highest BCUT2D eigenvalue weighted by atomic mass is 16.2. The van der Waals surface area contributed by atoms with Crippen LogP contribution in [0.5, 0.6) is 0 Å². The number of nitrogens with one attached hydrogen (secondary N) is 1. The molecule has 1 atom stereocenters. The monoisotopic (exact) mass is 301 g/mol. The Hall–Kier alpha value is -1.39.